The monoisotopic (exact) mass is 413 g/mol. The number of unbranched alkanes of at least 4 members (excludes halogenated alkanes) is 7. The highest BCUT2D eigenvalue weighted by Crippen LogP contribution is 2.37. The fraction of sp³-hybridized carbons (Fsp3) is 0.704. The molecule has 0 aliphatic rings. The molecule has 1 aromatic carbocycles. The van der Waals surface area contributed by atoms with E-state index in [2.05, 4.69) is 39.0 Å². The second-order valence-corrected chi connectivity index (χ2v) is 8.75. The van der Waals surface area contributed by atoms with Crippen LogP contribution in [0.15, 0.2) is 24.3 Å². The second kappa shape index (κ2) is 15.9. The van der Waals surface area contributed by atoms with Crippen LogP contribution < -0.4 is 0 Å². The van der Waals surface area contributed by atoms with Gasteiger partial charge in [0.05, 0.1) is 18.4 Å². The molecular weight excluding hydrogens is 370 g/mol. The molecule has 30 heavy (non-hydrogen) atoms. The molecule has 0 aromatic heterocycles. The molecule has 0 radical (unpaired) electrons. The van der Waals surface area contributed by atoms with E-state index >= 15 is 0 Å². The number of benzene rings is 1. The summed E-state index contributed by atoms with van der Waals surface area (Å²) in [6.07, 6.45) is 13.9. The topological polar surface area (TPSA) is 61.1 Å². The SMILES string of the molecule is CCCCCCCCCC(CC(=O)O)c1ccccc1C(C#N)C(CC)CCCC. The zero-order valence-electron chi connectivity index (χ0n) is 19.5. The molecule has 0 aliphatic carbocycles. The van der Waals surface area contributed by atoms with Crippen molar-refractivity contribution in [2.24, 2.45) is 5.92 Å². The summed E-state index contributed by atoms with van der Waals surface area (Å²) in [5.41, 5.74) is 2.16. The summed E-state index contributed by atoms with van der Waals surface area (Å²) in [4.78, 5) is 11.6. The van der Waals surface area contributed by atoms with Crippen LogP contribution in [0.1, 0.15) is 127 Å². The van der Waals surface area contributed by atoms with Gasteiger partial charge in [-0.2, -0.15) is 5.26 Å². The van der Waals surface area contributed by atoms with Gasteiger partial charge in [-0.25, -0.2) is 0 Å². The van der Waals surface area contributed by atoms with Crippen molar-refractivity contribution in [1.82, 2.24) is 0 Å². The van der Waals surface area contributed by atoms with E-state index < -0.39 is 5.97 Å². The van der Waals surface area contributed by atoms with Crippen molar-refractivity contribution in [3.8, 4) is 6.07 Å². The number of nitrogens with zero attached hydrogens (tertiary/aromatic N) is 1. The smallest absolute Gasteiger partial charge is 0.303 e. The lowest BCUT2D eigenvalue weighted by atomic mass is 9.77. The van der Waals surface area contributed by atoms with Crippen LogP contribution in [-0.4, -0.2) is 11.1 Å². The molecule has 3 heteroatoms. The molecule has 0 saturated heterocycles. The lowest BCUT2D eigenvalue weighted by Gasteiger charge is -2.26. The molecule has 168 valence electrons. The molecule has 3 atom stereocenters. The molecule has 3 unspecified atom stereocenters. The minimum atomic E-state index is -0.746. The van der Waals surface area contributed by atoms with Crippen molar-refractivity contribution in [2.45, 2.75) is 116 Å². The van der Waals surface area contributed by atoms with Crippen LogP contribution in [0.25, 0.3) is 0 Å². The summed E-state index contributed by atoms with van der Waals surface area (Å²) in [7, 11) is 0. The quantitative estimate of drug-likeness (QED) is 0.262. The van der Waals surface area contributed by atoms with Crippen molar-refractivity contribution in [3.63, 3.8) is 0 Å². The van der Waals surface area contributed by atoms with Gasteiger partial charge in [0, 0.05) is 0 Å². The van der Waals surface area contributed by atoms with Gasteiger partial charge in [0.15, 0.2) is 0 Å². The van der Waals surface area contributed by atoms with Gasteiger partial charge in [0.2, 0.25) is 0 Å². The predicted octanol–water partition coefficient (Wildman–Crippen LogP) is 8.21. The molecule has 1 N–H and O–H groups in total. The van der Waals surface area contributed by atoms with E-state index in [1.54, 1.807) is 0 Å². The predicted molar refractivity (Wildman–Crippen MR) is 126 cm³/mol. The molecule has 0 amide bonds. The molecular formula is C27H43NO2. The zero-order valence-corrected chi connectivity index (χ0v) is 19.5. The van der Waals surface area contributed by atoms with Crippen molar-refractivity contribution in [1.29, 1.82) is 5.26 Å². The minimum absolute atomic E-state index is 0.00567. The summed E-state index contributed by atoms with van der Waals surface area (Å²) in [6, 6.07) is 10.7. The Balaban J connectivity index is 2.94. The third-order valence-electron chi connectivity index (χ3n) is 6.41. The molecule has 1 rings (SSSR count). The number of aliphatic carboxylic acids is 1. The zero-order chi connectivity index (χ0) is 22.2. The van der Waals surface area contributed by atoms with E-state index in [4.69, 9.17) is 0 Å². The first-order chi connectivity index (χ1) is 14.6. The van der Waals surface area contributed by atoms with Crippen molar-refractivity contribution < 1.29 is 9.90 Å². The largest absolute Gasteiger partial charge is 0.481 e. The van der Waals surface area contributed by atoms with E-state index in [0.717, 1.165) is 56.1 Å². The number of carboxylic acids is 1. The van der Waals surface area contributed by atoms with Crippen molar-refractivity contribution in [3.05, 3.63) is 35.4 Å². The Hall–Kier alpha value is -1.82. The standard InChI is InChI=1S/C27H43NO2/c1-4-7-9-10-11-12-13-17-23(20-27(29)30)24-18-14-15-19-25(24)26(21-28)22(6-3)16-8-5-2/h14-15,18-19,22-23,26H,4-13,16-17,20H2,1-3H3,(H,29,30). The maximum Gasteiger partial charge on any atom is 0.303 e. The van der Waals surface area contributed by atoms with Gasteiger partial charge < -0.3 is 5.11 Å². The first-order valence-electron chi connectivity index (χ1n) is 12.3. The normalized spacial score (nSPS) is 14.1. The first-order valence-corrected chi connectivity index (χ1v) is 12.3. The number of carboxylic acid groups (broad SMARTS) is 1. The minimum Gasteiger partial charge on any atom is -0.481 e. The van der Waals surface area contributed by atoms with Gasteiger partial charge in [-0.1, -0.05) is 109 Å². The highest BCUT2D eigenvalue weighted by molar-refractivity contribution is 5.68. The van der Waals surface area contributed by atoms with E-state index in [1.807, 2.05) is 12.1 Å². The summed E-state index contributed by atoms with van der Waals surface area (Å²) in [5, 5.41) is 19.6. The van der Waals surface area contributed by atoms with E-state index in [1.165, 1.54) is 32.1 Å². The van der Waals surface area contributed by atoms with Gasteiger partial charge in [-0.05, 0) is 35.8 Å². The Kier molecular flexibility index (Phi) is 13.9. The molecule has 0 bridgehead atoms. The molecule has 1 aromatic rings. The summed E-state index contributed by atoms with van der Waals surface area (Å²) < 4.78 is 0. The molecule has 0 heterocycles. The summed E-state index contributed by atoms with van der Waals surface area (Å²) >= 11 is 0. The lowest BCUT2D eigenvalue weighted by molar-refractivity contribution is -0.137. The van der Waals surface area contributed by atoms with Gasteiger partial charge >= 0.3 is 5.97 Å². The molecule has 0 aliphatic heterocycles. The fourth-order valence-corrected chi connectivity index (χ4v) is 4.59. The van der Waals surface area contributed by atoms with Crippen molar-refractivity contribution in [2.75, 3.05) is 0 Å². The Labute approximate surface area is 184 Å². The van der Waals surface area contributed by atoms with Crippen LogP contribution in [-0.2, 0) is 4.79 Å². The summed E-state index contributed by atoms with van der Waals surface area (Å²) in [5.74, 6) is -0.568. The van der Waals surface area contributed by atoms with Gasteiger partial charge in [-0.3, -0.25) is 4.79 Å². The first kappa shape index (κ1) is 26.2. The van der Waals surface area contributed by atoms with Crippen LogP contribution in [0.4, 0.5) is 0 Å². The van der Waals surface area contributed by atoms with Crippen molar-refractivity contribution >= 4 is 5.97 Å². The number of nitriles is 1. The van der Waals surface area contributed by atoms with Crippen LogP contribution in [0.5, 0.6) is 0 Å². The van der Waals surface area contributed by atoms with Gasteiger partial charge in [0.25, 0.3) is 0 Å². The van der Waals surface area contributed by atoms with Crippen LogP contribution in [0.3, 0.4) is 0 Å². The Morgan fingerprint density at radius 2 is 1.50 bits per heavy atom. The highest BCUT2D eigenvalue weighted by atomic mass is 16.4. The van der Waals surface area contributed by atoms with Crippen LogP contribution in [0, 0.1) is 17.2 Å². The Morgan fingerprint density at radius 3 is 2.07 bits per heavy atom. The fourth-order valence-electron chi connectivity index (χ4n) is 4.59. The van der Waals surface area contributed by atoms with E-state index in [9.17, 15) is 15.2 Å². The lowest BCUT2D eigenvalue weighted by Crippen LogP contribution is -2.16. The van der Waals surface area contributed by atoms with Crippen LogP contribution >= 0.6 is 0 Å². The Bertz CT molecular complexity index is 634. The van der Waals surface area contributed by atoms with Gasteiger partial charge in [-0.15, -0.1) is 0 Å². The molecule has 0 saturated carbocycles. The molecule has 3 nitrogen and oxygen atoms in total. The third kappa shape index (κ3) is 9.33. The third-order valence-corrected chi connectivity index (χ3v) is 6.41. The maximum absolute atomic E-state index is 11.6. The number of hydrogen-bond acceptors (Lipinski definition) is 2. The molecule has 0 fully saturated rings. The second-order valence-electron chi connectivity index (χ2n) is 8.75. The highest BCUT2D eigenvalue weighted by Gasteiger charge is 2.27. The number of rotatable bonds is 17. The Morgan fingerprint density at radius 1 is 0.900 bits per heavy atom. The maximum atomic E-state index is 11.6. The van der Waals surface area contributed by atoms with Gasteiger partial charge in [0.1, 0.15) is 0 Å². The molecule has 0 spiro atoms. The van der Waals surface area contributed by atoms with E-state index in [-0.39, 0.29) is 18.3 Å². The average Bonchev–Trinajstić information content (AvgIpc) is 2.75. The number of carbonyl (C=O) groups is 1. The average molecular weight is 414 g/mol. The number of hydrogen-bond donors (Lipinski definition) is 1. The van der Waals surface area contributed by atoms with E-state index in [0.29, 0.717) is 5.92 Å². The van der Waals surface area contributed by atoms with Crippen LogP contribution in [0.2, 0.25) is 0 Å². The summed E-state index contributed by atoms with van der Waals surface area (Å²) in [6.45, 7) is 6.58.